The number of carbonyl (C=O) groups excluding carboxylic acids is 1. The number of sulfone groups is 1. The van der Waals surface area contributed by atoms with Gasteiger partial charge in [-0.15, -0.1) is 11.3 Å². The minimum atomic E-state index is -3.32. The van der Waals surface area contributed by atoms with Crippen LogP contribution in [0.1, 0.15) is 0 Å². The lowest BCUT2D eigenvalue weighted by molar-refractivity contribution is -0.105. The lowest BCUT2D eigenvalue weighted by atomic mass is 10.7. The van der Waals surface area contributed by atoms with Gasteiger partial charge in [-0.05, 0) is 11.4 Å². The number of aldehydes is 1. The fourth-order valence-electron chi connectivity index (χ4n) is 0.612. The van der Waals surface area contributed by atoms with E-state index < -0.39 is 15.6 Å². The topological polar surface area (TPSA) is 51.2 Å². The molecule has 5 heteroatoms. The first-order chi connectivity index (χ1) is 5.17. The predicted molar refractivity (Wildman–Crippen MR) is 42.4 cm³/mol. The Hall–Kier alpha value is -0.680. The molecule has 0 unspecified atom stereocenters. The number of rotatable bonds is 3. The molecule has 0 fully saturated rings. The fraction of sp³-hybridized carbons (Fsp3) is 0.167. The molecule has 0 aliphatic heterocycles. The van der Waals surface area contributed by atoms with E-state index in [-0.39, 0.29) is 4.21 Å². The Bertz CT molecular complexity index is 323. The van der Waals surface area contributed by atoms with Crippen molar-refractivity contribution in [2.45, 2.75) is 4.21 Å². The number of hydrogen-bond acceptors (Lipinski definition) is 4. The molecule has 3 nitrogen and oxygen atoms in total. The van der Waals surface area contributed by atoms with Gasteiger partial charge in [-0.25, -0.2) is 8.42 Å². The van der Waals surface area contributed by atoms with Crippen LogP contribution in [0.5, 0.6) is 0 Å². The third-order valence-electron chi connectivity index (χ3n) is 1.09. The van der Waals surface area contributed by atoms with Gasteiger partial charge in [0.15, 0.2) is 9.84 Å². The van der Waals surface area contributed by atoms with Crippen molar-refractivity contribution in [3.8, 4) is 0 Å². The normalized spacial score (nSPS) is 11.3. The largest absolute Gasteiger partial charge is 0.302 e. The first-order valence-electron chi connectivity index (χ1n) is 2.87. The monoisotopic (exact) mass is 190 g/mol. The molecule has 0 saturated heterocycles. The van der Waals surface area contributed by atoms with Crippen LogP contribution in [0, 0.1) is 0 Å². The summed E-state index contributed by atoms with van der Waals surface area (Å²) < 4.78 is 22.4. The van der Waals surface area contributed by atoms with E-state index in [0.717, 1.165) is 11.3 Å². The summed E-state index contributed by atoms with van der Waals surface area (Å²) in [5.41, 5.74) is 0. The molecule has 0 aliphatic carbocycles. The van der Waals surface area contributed by atoms with E-state index in [1.165, 1.54) is 6.07 Å². The van der Waals surface area contributed by atoms with Gasteiger partial charge in [-0.2, -0.15) is 0 Å². The maximum atomic E-state index is 11.1. The van der Waals surface area contributed by atoms with Crippen molar-refractivity contribution in [2.24, 2.45) is 0 Å². The van der Waals surface area contributed by atoms with E-state index in [2.05, 4.69) is 0 Å². The Labute approximate surface area is 68.6 Å². The van der Waals surface area contributed by atoms with Crippen molar-refractivity contribution < 1.29 is 13.2 Å². The average Bonchev–Trinajstić information content (AvgIpc) is 2.37. The summed E-state index contributed by atoms with van der Waals surface area (Å²) in [6, 6.07) is 3.13. The summed E-state index contributed by atoms with van der Waals surface area (Å²) in [6.07, 6.45) is 0.398. The SMILES string of the molecule is O=CCS(=O)(=O)c1cccs1. The Morgan fingerprint density at radius 2 is 2.27 bits per heavy atom. The van der Waals surface area contributed by atoms with Gasteiger partial charge in [0, 0.05) is 0 Å². The van der Waals surface area contributed by atoms with Crippen LogP contribution in [0.25, 0.3) is 0 Å². The van der Waals surface area contributed by atoms with E-state index in [1.54, 1.807) is 11.4 Å². The van der Waals surface area contributed by atoms with Gasteiger partial charge >= 0.3 is 0 Å². The van der Waals surface area contributed by atoms with Gasteiger partial charge in [-0.3, -0.25) is 0 Å². The molecule has 0 aromatic carbocycles. The van der Waals surface area contributed by atoms with Crippen LogP contribution < -0.4 is 0 Å². The molecule has 0 radical (unpaired) electrons. The highest BCUT2D eigenvalue weighted by Crippen LogP contribution is 2.16. The minimum absolute atomic E-state index is 0.254. The van der Waals surface area contributed by atoms with Crippen LogP contribution in [-0.2, 0) is 14.6 Å². The Morgan fingerprint density at radius 3 is 2.73 bits per heavy atom. The van der Waals surface area contributed by atoms with Gasteiger partial charge in [0.1, 0.15) is 16.2 Å². The van der Waals surface area contributed by atoms with Crippen molar-refractivity contribution in [3.63, 3.8) is 0 Å². The molecule has 0 N–H and O–H groups in total. The Balaban J connectivity index is 3.01. The Morgan fingerprint density at radius 1 is 1.55 bits per heavy atom. The number of hydrogen-bond donors (Lipinski definition) is 0. The number of thiophene rings is 1. The zero-order chi connectivity index (χ0) is 8.32. The van der Waals surface area contributed by atoms with Gasteiger partial charge in [0.05, 0.1) is 0 Å². The zero-order valence-corrected chi connectivity index (χ0v) is 7.19. The second-order valence-corrected chi connectivity index (χ2v) is 5.09. The highest BCUT2D eigenvalue weighted by Gasteiger charge is 2.13. The van der Waals surface area contributed by atoms with Crippen LogP contribution in [0.3, 0.4) is 0 Å². The van der Waals surface area contributed by atoms with Gasteiger partial charge in [-0.1, -0.05) is 6.07 Å². The standard InChI is InChI=1S/C6H6O3S2/c7-3-5-11(8,9)6-2-1-4-10-6/h1-4H,5H2. The van der Waals surface area contributed by atoms with E-state index in [4.69, 9.17) is 0 Å². The molecule has 0 aliphatic rings. The molecule has 11 heavy (non-hydrogen) atoms. The second-order valence-electron chi connectivity index (χ2n) is 1.88. The minimum Gasteiger partial charge on any atom is -0.302 e. The van der Waals surface area contributed by atoms with Crippen LogP contribution in [0.4, 0.5) is 0 Å². The van der Waals surface area contributed by atoms with Crippen molar-refractivity contribution in [3.05, 3.63) is 17.5 Å². The summed E-state index contributed by atoms with van der Waals surface area (Å²) >= 11 is 1.12. The molecule has 60 valence electrons. The summed E-state index contributed by atoms with van der Waals surface area (Å²) in [4.78, 5) is 9.94. The molecule has 1 heterocycles. The molecule has 1 rings (SSSR count). The average molecular weight is 190 g/mol. The van der Waals surface area contributed by atoms with Gasteiger partial charge in [0.25, 0.3) is 0 Å². The molecule has 0 amide bonds. The lowest BCUT2D eigenvalue weighted by Gasteiger charge is -1.92. The first kappa shape index (κ1) is 8.42. The van der Waals surface area contributed by atoms with Crippen molar-refractivity contribution in [1.29, 1.82) is 0 Å². The maximum Gasteiger partial charge on any atom is 0.194 e. The summed E-state index contributed by atoms with van der Waals surface area (Å²) in [5, 5.41) is 1.66. The third kappa shape index (κ3) is 1.87. The summed E-state index contributed by atoms with van der Waals surface area (Å²) in [5.74, 6) is -0.423. The molecule has 1 aromatic rings. The Kier molecular flexibility index (Phi) is 2.41. The van der Waals surface area contributed by atoms with E-state index in [1.807, 2.05) is 0 Å². The lowest BCUT2D eigenvalue weighted by Crippen LogP contribution is -2.05. The molecular weight excluding hydrogens is 184 g/mol. The third-order valence-corrected chi connectivity index (χ3v) is 4.13. The first-order valence-corrected chi connectivity index (χ1v) is 5.40. The molecule has 0 bridgehead atoms. The zero-order valence-electron chi connectivity index (χ0n) is 5.56. The van der Waals surface area contributed by atoms with Crippen LogP contribution in [0.15, 0.2) is 21.7 Å². The van der Waals surface area contributed by atoms with E-state index >= 15 is 0 Å². The fourth-order valence-corrected chi connectivity index (χ4v) is 2.65. The van der Waals surface area contributed by atoms with E-state index in [9.17, 15) is 13.2 Å². The maximum absolute atomic E-state index is 11.1. The summed E-state index contributed by atoms with van der Waals surface area (Å²) in [7, 11) is -3.32. The van der Waals surface area contributed by atoms with Crippen molar-refractivity contribution >= 4 is 27.5 Å². The predicted octanol–water partition coefficient (Wildman–Crippen LogP) is 0.721. The van der Waals surface area contributed by atoms with Crippen molar-refractivity contribution in [2.75, 3.05) is 5.75 Å². The van der Waals surface area contributed by atoms with Crippen LogP contribution in [-0.4, -0.2) is 20.5 Å². The second kappa shape index (κ2) is 3.15. The van der Waals surface area contributed by atoms with Crippen molar-refractivity contribution in [1.82, 2.24) is 0 Å². The number of carbonyl (C=O) groups is 1. The van der Waals surface area contributed by atoms with Gasteiger partial charge < -0.3 is 4.79 Å². The highest BCUT2D eigenvalue weighted by atomic mass is 32.2. The molecule has 1 aromatic heterocycles. The smallest absolute Gasteiger partial charge is 0.194 e. The summed E-state index contributed by atoms with van der Waals surface area (Å²) in [6.45, 7) is 0. The van der Waals surface area contributed by atoms with Crippen LogP contribution in [0.2, 0.25) is 0 Å². The quantitative estimate of drug-likeness (QED) is 0.660. The molecular formula is C6H6O3S2. The highest BCUT2D eigenvalue weighted by molar-refractivity contribution is 7.94. The molecule has 0 spiro atoms. The molecule has 0 saturated carbocycles. The molecule has 0 atom stereocenters. The van der Waals surface area contributed by atoms with E-state index in [0.29, 0.717) is 6.29 Å². The van der Waals surface area contributed by atoms with Crippen LogP contribution >= 0.6 is 11.3 Å². The van der Waals surface area contributed by atoms with Gasteiger partial charge in [0.2, 0.25) is 0 Å².